The van der Waals surface area contributed by atoms with E-state index in [0.717, 1.165) is 10.4 Å². The first-order valence-electron chi connectivity index (χ1n) is 7.48. The molecule has 1 aromatic heterocycles. The predicted molar refractivity (Wildman–Crippen MR) is 97.7 cm³/mol. The van der Waals surface area contributed by atoms with Crippen molar-refractivity contribution in [3.63, 3.8) is 0 Å². The smallest absolute Gasteiger partial charge is 0.258 e. The van der Waals surface area contributed by atoms with E-state index in [0.29, 0.717) is 10.8 Å². The average molecular weight is 358 g/mol. The minimum Gasteiger partial charge on any atom is -0.484 e. The largest absolute Gasteiger partial charge is 0.484 e. The molecule has 0 aliphatic heterocycles. The second kappa shape index (κ2) is 7.99. The average Bonchev–Trinajstić information content (AvgIpc) is 3.14. The summed E-state index contributed by atoms with van der Waals surface area (Å²) >= 11 is 7.45. The van der Waals surface area contributed by atoms with Gasteiger partial charge >= 0.3 is 0 Å². The monoisotopic (exact) mass is 357 g/mol. The summed E-state index contributed by atoms with van der Waals surface area (Å²) < 4.78 is 5.51. The molecule has 0 aliphatic rings. The summed E-state index contributed by atoms with van der Waals surface area (Å²) in [6.45, 7) is -0.0453. The van der Waals surface area contributed by atoms with Gasteiger partial charge in [0.15, 0.2) is 6.61 Å². The Labute approximate surface area is 149 Å². The molecule has 0 radical (unpaired) electrons. The normalized spacial score (nSPS) is 11.7. The molecule has 0 bridgehead atoms. The van der Waals surface area contributed by atoms with Crippen LogP contribution in [-0.4, -0.2) is 12.5 Å². The molecule has 1 amide bonds. The fourth-order valence-corrected chi connectivity index (χ4v) is 3.23. The highest BCUT2D eigenvalue weighted by Crippen LogP contribution is 2.25. The minimum atomic E-state index is -0.174. The van der Waals surface area contributed by atoms with Crippen molar-refractivity contribution < 1.29 is 9.53 Å². The molecule has 3 rings (SSSR count). The molecule has 3 nitrogen and oxygen atoms in total. The van der Waals surface area contributed by atoms with E-state index in [-0.39, 0.29) is 18.6 Å². The van der Waals surface area contributed by atoms with Crippen LogP contribution in [0.25, 0.3) is 0 Å². The lowest BCUT2D eigenvalue weighted by Crippen LogP contribution is -2.32. The van der Waals surface area contributed by atoms with Gasteiger partial charge in [-0.2, -0.15) is 0 Å². The van der Waals surface area contributed by atoms with Crippen LogP contribution in [0.4, 0.5) is 0 Å². The zero-order valence-electron chi connectivity index (χ0n) is 12.8. The number of halogens is 1. The number of ether oxygens (including phenoxy) is 1. The highest BCUT2D eigenvalue weighted by atomic mass is 35.5. The number of rotatable bonds is 6. The summed E-state index contributed by atoms with van der Waals surface area (Å²) in [5, 5.41) is 5.67. The number of carbonyl (C=O) groups excluding carboxylic acids is 1. The zero-order chi connectivity index (χ0) is 16.8. The summed E-state index contributed by atoms with van der Waals surface area (Å²) in [6, 6.07) is 20.7. The summed E-state index contributed by atoms with van der Waals surface area (Å²) in [6.07, 6.45) is 0. The Hall–Kier alpha value is -2.30. The van der Waals surface area contributed by atoms with E-state index in [4.69, 9.17) is 16.3 Å². The maximum atomic E-state index is 12.3. The number of benzene rings is 2. The van der Waals surface area contributed by atoms with Crippen LogP contribution in [0.1, 0.15) is 16.5 Å². The van der Waals surface area contributed by atoms with Crippen molar-refractivity contribution >= 4 is 28.8 Å². The molecule has 1 N–H and O–H groups in total. The molecule has 1 atom stereocenters. The van der Waals surface area contributed by atoms with Gasteiger partial charge < -0.3 is 10.1 Å². The van der Waals surface area contributed by atoms with Crippen LogP contribution in [0.3, 0.4) is 0 Å². The van der Waals surface area contributed by atoms with E-state index in [1.165, 1.54) is 0 Å². The van der Waals surface area contributed by atoms with Crippen molar-refractivity contribution in [3.8, 4) is 5.75 Å². The number of amides is 1. The van der Waals surface area contributed by atoms with Crippen LogP contribution in [0.2, 0.25) is 5.02 Å². The third kappa shape index (κ3) is 4.37. The first kappa shape index (κ1) is 16.6. The van der Waals surface area contributed by atoms with E-state index in [2.05, 4.69) is 5.32 Å². The molecule has 2 aromatic carbocycles. The molecular weight excluding hydrogens is 342 g/mol. The standard InChI is InChI=1S/C19H16ClNO2S/c20-15-8-10-16(11-9-15)23-13-18(22)21-19(17-7-4-12-24-17)14-5-2-1-3-6-14/h1-12,19H,13H2,(H,21,22). The summed E-state index contributed by atoms with van der Waals surface area (Å²) in [7, 11) is 0. The Morgan fingerprint density at radius 3 is 2.46 bits per heavy atom. The molecule has 0 saturated heterocycles. The first-order chi connectivity index (χ1) is 11.7. The molecular formula is C19H16ClNO2S. The molecule has 0 fully saturated rings. The number of hydrogen-bond donors (Lipinski definition) is 1. The van der Waals surface area contributed by atoms with Crippen LogP contribution in [0.5, 0.6) is 5.75 Å². The topological polar surface area (TPSA) is 38.3 Å². The summed E-state index contributed by atoms with van der Waals surface area (Å²) in [4.78, 5) is 13.4. The molecule has 1 heterocycles. The van der Waals surface area contributed by atoms with Gasteiger partial charge in [-0.15, -0.1) is 11.3 Å². The quantitative estimate of drug-likeness (QED) is 0.695. The molecule has 0 aliphatic carbocycles. The Kier molecular flexibility index (Phi) is 5.51. The fraction of sp³-hybridized carbons (Fsp3) is 0.105. The maximum absolute atomic E-state index is 12.3. The Morgan fingerprint density at radius 2 is 1.79 bits per heavy atom. The van der Waals surface area contributed by atoms with Crippen LogP contribution in [-0.2, 0) is 4.79 Å². The molecule has 122 valence electrons. The zero-order valence-corrected chi connectivity index (χ0v) is 14.4. The van der Waals surface area contributed by atoms with Crippen LogP contribution < -0.4 is 10.1 Å². The predicted octanol–water partition coefficient (Wildman–Crippen LogP) is 4.69. The van der Waals surface area contributed by atoms with E-state index in [1.54, 1.807) is 35.6 Å². The van der Waals surface area contributed by atoms with E-state index in [9.17, 15) is 4.79 Å². The highest BCUT2D eigenvalue weighted by molar-refractivity contribution is 7.10. The minimum absolute atomic E-state index is 0.0453. The van der Waals surface area contributed by atoms with E-state index in [1.807, 2.05) is 47.8 Å². The van der Waals surface area contributed by atoms with Gasteiger partial charge in [-0.1, -0.05) is 48.0 Å². The van der Waals surface area contributed by atoms with Gasteiger partial charge in [-0.3, -0.25) is 4.79 Å². The van der Waals surface area contributed by atoms with Crippen molar-refractivity contribution in [1.29, 1.82) is 0 Å². The highest BCUT2D eigenvalue weighted by Gasteiger charge is 2.17. The van der Waals surface area contributed by atoms with Gasteiger partial charge in [0.05, 0.1) is 6.04 Å². The first-order valence-corrected chi connectivity index (χ1v) is 8.74. The number of hydrogen-bond acceptors (Lipinski definition) is 3. The second-order valence-corrected chi connectivity index (χ2v) is 6.58. The van der Waals surface area contributed by atoms with Crippen molar-refractivity contribution in [3.05, 3.63) is 87.6 Å². The van der Waals surface area contributed by atoms with Gasteiger partial charge in [0, 0.05) is 9.90 Å². The van der Waals surface area contributed by atoms with E-state index < -0.39 is 0 Å². The van der Waals surface area contributed by atoms with Crippen LogP contribution in [0, 0.1) is 0 Å². The lowest BCUT2D eigenvalue weighted by molar-refractivity contribution is -0.123. The second-order valence-electron chi connectivity index (χ2n) is 5.17. The number of nitrogens with one attached hydrogen (secondary N) is 1. The molecule has 0 spiro atoms. The maximum Gasteiger partial charge on any atom is 0.258 e. The Balaban J connectivity index is 1.66. The van der Waals surface area contributed by atoms with Gasteiger partial charge in [0.1, 0.15) is 5.75 Å². The van der Waals surface area contributed by atoms with Gasteiger partial charge in [-0.25, -0.2) is 0 Å². The lowest BCUT2D eigenvalue weighted by atomic mass is 10.1. The molecule has 24 heavy (non-hydrogen) atoms. The lowest BCUT2D eigenvalue weighted by Gasteiger charge is -2.18. The Bertz CT molecular complexity index is 773. The fourth-order valence-electron chi connectivity index (χ4n) is 2.30. The third-order valence-corrected chi connectivity index (χ3v) is 4.64. The van der Waals surface area contributed by atoms with Gasteiger partial charge in [0.25, 0.3) is 5.91 Å². The van der Waals surface area contributed by atoms with Gasteiger partial charge in [-0.05, 0) is 41.3 Å². The van der Waals surface area contributed by atoms with Crippen molar-refractivity contribution in [2.75, 3.05) is 6.61 Å². The third-order valence-electron chi connectivity index (χ3n) is 3.45. The summed E-state index contributed by atoms with van der Waals surface area (Å²) in [5.41, 5.74) is 1.04. The van der Waals surface area contributed by atoms with Crippen molar-refractivity contribution in [2.45, 2.75) is 6.04 Å². The molecule has 0 saturated carbocycles. The van der Waals surface area contributed by atoms with Crippen molar-refractivity contribution in [1.82, 2.24) is 5.32 Å². The van der Waals surface area contributed by atoms with Crippen LogP contribution >= 0.6 is 22.9 Å². The van der Waals surface area contributed by atoms with Crippen LogP contribution in [0.15, 0.2) is 72.1 Å². The molecule has 5 heteroatoms. The van der Waals surface area contributed by atoms with Gasteiger partial charge in [0.2, 0.25) is 0 Å². The summed E-state index contributed by atoms with van der Waals surface area (Å²) in [5.74, 6) is 0.439. The van der Waals surface area contributed by atoms with E-state index >= 15 is 0 Å². The Morgan fingerprint density at radius 1 is 1.04 bits per heavy atom. The number of thiophene rings is 1. The molecule has 3 aromatic rings. The SMILES string of the molecule is O=C(COc1ccc(Cl)cc1)NC(c1ccccc1)c1cccs1. The number of carbonyl (C=O) groups is 1. The van der Waals surface area contributed by atoms with Crippen molar-refractivity contribution in [2.24, 2.45) is 0 Å². The molecule has 1 unspecified atom stereocenters.